The molecule has 0 saturated heterocycles. The highest BCUT2D eigenvalue weighted by Crippen LogP contribution is 2.23. The van der Waals surface area contributed by atoms with Crippen molar-refractivity contribution in [3.05, 3.63) is 33.7 Å². The van der Waals surface area contributed by atoms with Crippen LogP contribution in [0.25, 0.3) is 0 Å². The van der Waals surface area contributed by atoms with E-state index in [1.807, 2.05) is 0 Å². The van der Waals surface area contributed by atoms with Crippen molar-refractivity contribution in [1.82, 2.24) is 4.57 Å². The van der Waals surface area contributed by atoms with Gasteiger partial charge in [-0.05, 0) is 18.4 Å². The minimum absolute atomic E-state index is 0.0319. The van der Waals surface area contributed by atoms with Gasteiger partial charge >= 0.3 is 12.3 Å². The van der Waals surface area contributed by atoms with E-state index in [-0.39, 0.29) is 22.6 Å². The van der Waals surface area contributed by atoms with E-state index in [1.54, 1.807) is 13.8 Å². The number of hydrogen-bond acceptors (Lipinski definition) is 2. The number of carboxylic acid groups (broad SMARTS) is 1. The first-order valence-corrected chi connectivity index (χ1v) is 5.19. The Labute approximate surface area is 101 Å². The Balaban J connectivity index is 3.50. The zero-order chi connectivity index (χ0) is 14.1. The number of aromatic nitrogens is 1. The van der Waals surface area contributed by atoms with Gasteiger partial charge in [0, 0.05) is 11.8 Å². The Hall–Kier alpha value is -1.79. The molecule has 7 heteroatoms. The van der Waals surface area contributed by atoms with Crippen molar-refractivity contribution in [2.75, 3.05) is 0 Å². The first-order valence-electron chi connectivity index (χ1n) is 5.19. The van der Waals surface area contributed by atoms with Crippen molar-refractivity contribution in [3.8, 4) is 0 Å². The molecule has 100 valence electrons. The first kappa shape index (κ1) is 14.3. The predicted octanol–water partition coefficient (Wildman–Crippen LogP) is 2.22. The molecule has 0 aliphatic rings. The number of alkyl halides is 3. The number of halogens is 3. The third-order valence-electron chi connectivity index (χ3n) is 2.23. The van der Waals surface area contributed by atoms with Crippen LogP contribution in [-0.4, -0.2) is 15.6 Å². The molecule has 1 heterocycles. The van der Waals surface area contributed by atoms with Crippen LogP contribution in [0.5, 0.6) is 0 Å². The molecule has 0 unspecified atom stereocenters. The molecular formula is C11H12F3NO3. The minimum atomic E-state index is -4.85. The van der Waals surface area contributed by atoms with Crippen LogP contribution in [-0.2, 0) is 12.7 Å². The van der Waals surface area contributed by atoms with Gasteiger partial charge in [-0.1, -0.05) is 13.8 Å². The second kappa shape index (κ2) is 4.83. The number of hydrogen-bond donors (Lipinski definition) is 1. The Kier molecular flexibility index (Phi) is 3.83. The summed E-state index contributed by atoms with van der Waals surface area (Å²) in [6.45, 7) is 3.36. The highest BCUT2D eigenvalue weighted by atomic mass is 19.4. The smallest absolute Gasteiger partial charge is 0.478 e. The molecule has 0 atom stereocenters. The van der Waals surface area contributed by atoms with Gasteiger partial charge in [-0.15, -0.1) is 13.2 Å². The molecule has 1 N–H and O–H groups in total. The summed E-state index contributed by atoms with van der Waals surface area (Å²) in [4.78, 5) is 22.1. The summed E-state index contributed by atoms with van der Waals surface area (Å²) in [5, 5.41) is 8.73. The number of carboxylic acids is 1. The van der Waals surface area contributed by atoms with E-state index in [4.69, 9.17) is 5.11 Å². The number of rotatable bonds is 3. The molecule has 0 aliphatic carbocycles. The third-order valence-corrected chi connectivity index (χ3v) is 2.23. The Morgan fingerprint density at radius 2 is 1.94 bits per heavy atom. The SMILES string of the molecule is CC(C)Cc1cc(C(=O)O)cc(=O)n1C(F)(F)F. The van der Waals surface area contributed by atoms with Gasteiger partial charge in [0.05, 0.1) is 5.56 Å². The molecule has 18 heavy (non-hydrogen) atoms. The van der Waals surface area contributed by atoms with Crippen LogP contribution < -0.4 is 5.56 Å². The average Bonchev–Trinajstić information content (AvgIpc) is 2.12. The summed E-state index contributed by atoms with van der Waals surface area (Å²) in [6.07, 6.45) is -4.88. The van der Waals surface area contributed by atoms with Crippen LogP contribution in [0.4, 0.5) is 13.2 Å². The molecule has 1 rings (SSSR count). The molecule has 0 bridgehead atoms. The van der Waals surface area contributed by atoms with Gasteiger partial charge in [0.15, 0.2) is 0 Å². The van der Waals surface area contributed by atoms with E-state index in [0.29, 0.717) is 6.07 Å². The fraction of sp³-hybridized carbons (Fsp3) is 0.455. The van der Waals surface area contributed by atoms with Gasteiger partial charge in [-0.3, -0.25) is 4.79 Å². The van der Waals surface area contributed by atoms with Gasteiger partial charge in [0.1, 0.15) is 0 Å². The topological polar surface area (TPSA) is 59.3 Å². The van der Waals surface area contributed by atoms with Crippen LogP contribution in [0.2, 0.25) is 0 Å². The Morgan fingerprint density at radius 1 is 1.39 bits per heavy atom. The molecule has 4 nitrogen and oxygen atoms in total. The Bertz CT molecular complexity index is 517. The second-order valence-electron chi connectivity index (χ2n) is 4.28. The normalized spacial score (nSPS) is 11.9. The maximum atomic E-state index is 12.7. The van der Waals surface area contributed by atoms with E-state index < -0.39 is 23.4 Å². The minimum Gasteiger partial charge on any atom is -0.478 e. The lowest BCUT2D eigenvalue weighted by molar-refractivity contribution is -0.207. The van der Waals surface area contributed by atoms with Crippen molar-refractivity contribution >= 4 is 5.97 Å². The third kappa shape index (κ3) is 3.12. The summed E-state index contributed by atoms with van der Waals surface area (Å²) >= 11 is 0. The lowest BCUT2D eigenvalue weighted by Gasteiger charge is -2.17. The quantitative estimate of drug-likeness (QED) is 0.909. The van der Waals surface area contributed by atoms with Crippen molar-refractivity contribution in [1.29, 1.82) is 0 Å². The van der Waals surface area contributed by atoms with Crippen molar-refractivity contribution in [2.45, 2.75) is 26.6 Å². The van der Waals surface area contributed by atoms with Crippen LogP contribution >= 0.6 is 0 Å². The van der Waals surface area contributed by atoms with E-state index in [1.165, 1.54) is 0 Å². The van der Waals surface area contributed by atoms with Crippen LogP contribution in [0.3, 0.4) is 0 Å². The molecule has 0 fully saturated rings. The molecule has 0 radical (unpaired) electrons. The molecule has 1 aromatic rings. The van der Waals surface area contributed by atoms with Gasteiger partial charge < -0.3 is 5.11 Å². The fourth-order valence-electron chi connectivity index (χ4n) is 1.60. The number of aromatic carboxylic acids is 1. The maximum absolute atomic E-state index is 12.7. The Morgan fingerprint density at radius 3 is 2.33 bits per heavy atom. The molecule has 0 spiro atoms. The van der Waals surface area contributed by atoms with E-state index >= 15 is 0 Å². The van der Waals surface area contributed by atoms with Crippen molar-refractivity contribution < 1.29 is 23.1 Å². The largest absolute Gasteiger partial charge is 0.491 e. The molecule has 0 amide bonds. The number of carbonyl (C=O) groups is 1. The van der Waals surface area contributed by atoms with Crippen LogP contribution in [0, 0.1) is 5.92 Å². The van der Waals surface area contributed by atoms with E-state index in [9.17, 15) is 22.8 Å². The van der Waals surface area contributed by atoms with Gasteiger partial charge in [0.2, 0.25) is 0 Å². The monoisotopic (exact) mass is 263 g/mol. The number of nitrogens with zero attached hydrogens (tertiary/aromatic N) is 1. The van der Waals surface area contributed by atoms with Crippen molar-refractivity contribution in [3.63, 3.8) is 0 Å². The van der Waals surface area contributed by atoms with Gasteiger partial charge in [-0.2, -0.15) is 0 Å². The molecule has 1 aromatic heterocycles. The summed E-state index contributed by atoms with van der Waals surface area (Å²) in [5.41, 5.74) is -2.16. The summed E-state index contributed by atoms with van der Waals surface area (Å²) < 4.78 is 37.8. The lowest BCUT2D eigenvalue weighted by atomic mass is 10.1. The summed E-state index contributed by atoms with van der Waals surface area (Å²) in [5.74, 6) is -1.56. The van der Waals surface area contributed by atoms with Crippen LogP contribution in [0.15, 0.2) is 16.9 Å². The zero-order valence-corrected chi connectivity index (χ0v) is 9.78. The van der Waals surface area contributed by atoms with E-state index in [2.05, 4.69) is 0 Å². The van der Waals surface area contributed by atoms with E-state index in [0.717, 1.165) is 6.07 Å². The predicted molar refractivity (Wildman–Crippen MR) is 57.5 cm³/mol. The highest BCUT2D eigenvalue weighted by Gasteiger charge is 2.34. The maximum Gasteiger partial charge on any atom is 0.491 e. The van der Waals surface area contributed by atoms with Crippen molar-refractivity contribution in [2.24, 2.45) is 5.92 Å². The first-order chi connectivity index (χ1) is 8.12. The molecular weight excluding hydrogens is 251 g/mol. The molecule has 0 saturated carbocycles. The highest BCUT2D eigenvalue weighted by molar-refractivity contribution is 5.87. The molecule has 0 aromatic carbocycles. The summed E-state index contributed by atoms with van der Waals surface area (Å²) in [7, 11) is 0. The molecule has 0 aliphatic heterocycles. The van der Waals surface area contributed by atoms with Gasteiger partial charge in [-0.25, -0.2) is 9.36 Å². The summed E-state index contributed by atoms with van der Waals surface area (Å²) in [6, 6.07) is 1.36. The standard InChI is InChI=1S/C11H12F3NO3/c1-6(2)3-8-4-7(10(17)18)5-9(16)15(8)11(12,13)14/h4-6H,3H2,1-2H3,(H,17,18). The zero-order valence-electron chi connectivity index (χ0n) is 9.78. The van der Waals surface area contributed by atoms with Crippen LogP contribution in [0.1, 0.15) is 29.9 Å². The van der Waals surface area contributed by atoms with Gasteiger partial charge in [0.25, 0.3) is 5.56 Å². The number of pyridine rings is 1. The second-order valence-corrected chi connectivity index (χ2v) is 4.28. The lowest BCUT2D eigenvalue weighted by Crippen LogP contribution is -2.34. The average molecular weight is 263 g/mol. The fourth-order valence-corrected chi connectivity index (χ4v) is 1.60.